The molecule has 15 heavy (non-hydrogen) atoms. The molecule has 0 spiro atoms. The summed E-state index contributed by atoms with van der Waals surface area (Å²) in [4.78, 5) is 0. The smallest absolute Gasteiger partial charge is 0.150 e. The Hall–Kier alpha value is -1.00. The second kappa shape index (κ2) is 4.24. The molecular formula is C11H20N2OSi. The van der Waals surface area contributed by atoms with E-state index in [9.17, 15) is 0 Å². The van der Waals surface area contributed by atoms with Crippen molar-refractivity contribution in [3.63, 3.8) is 0 Å². The number of hydrogen-bond acceptors (Lipinski definition) is 3. The molecule has 0 amide bonds. The molecule has 4 heteroatoms. The van der Waals surface area contributed by atoms with Gasteiger partial charge in [-0.1, -0.05) is 26.2 Å². The Morgan fingerprint density at radius 3 is 2.33 bits per heavy atom. The molecule has 1 N–H and O–H groups in total. The highest BCUT2D eigenvalue weighted by Gasteiger charge is 2.21. The minimum absolute atomic E-state index is 0.796. The second-order valence-electron chi connectivity index (χ2n) is 4.90. The van der Waals surface area contributed by atoms with Gasteiger partial charge in [0.2, 0.25) is 0 Å². The first-order valence-corrected chi connectivity index (χ1v) is 8.54. The fourth-order valence-corrected chi connectivity index (χ4v) is 2.23. The normalized spacial score (nSPS) is 11.9. The quantitative estimate of drug-likeness (QED) is 0.625. The van der Waals surface area contributed by atoms with Crippen LogP contribution in [0.5, 0.6) is 0 Å². The largest absolute Gasteiger partial charge is 0.465 e. The topological polar surface area (TPSA) is 28.4 Å². The van der Waals surface area contributed by atoms with Crippen molar-refractivity contribution >= 4 is 19.2 Å². The lowest BCUT2D eigenvalue weighted by molar-refractivity contribution is 0.348. The van der Waals surface area contributed by atoms with Crippen molar-refractivity contribution in [1.82, 2.24) is 10.4 Å². The van der Waals surface area contributed by atoms with Crippen molar-refractivity contribution in [2.75, 3.05) is 14.1 Å². The van der Waals surface area contributed by atoms with Gasteiger partial charge >= 0.3 is 0 Å². The third-order valence-electron chi connectivity index (χ3n) is 2.00. The van der Waals surface area contributed by atoms with Crippen LogP contribution in [0.3, 0.4) is 0 Å². The van der Waals surface area contributed by atoms with Gasteiger partial charge in [-0.05, 0) is 12.1 Å². The van der Waals surface area contributed by atoms with Gasteiger partial charge < -0.3 is 9.84 Å². The zero-order valence-electron chi connectivity index (χ0n) is 10.2. The van der Waals surface area contributed by atoms with Crippen LogP contribution in [0.25, 0.3) is 5.70 Å². The van der Waals surface area contributed by atoms with Crippen molar-refractivity contribution in [3.05, 3.63) is 24.5 Å². The summed E-state index contributed by atoms with van der Waals surface area (Å²) >= 11 is 0. The van der Waals surface area contributed by atoms with E-state index in [1.165, 1.54) is 0 Å². The molecule has 3 nitrogen and oxygen atoms in total. The van der Waals surface area contributed by atoms with Gasteiger partial charge in [0.05, 0.1) is 11.1 Å². The van der Waals surface area contributed by atoms with Crippen LogP contribution in [0, 0.1) is 0 Å². The molecule has 0 saturated carbocycles. The van der Waals surface area contributed by atoms with Crippen LogP contribution >= 0.6 is 0 Å². The van der Waals surface area contributed by atoms with Gasteiger partial charge in [0, 0.05) is 14.1 Å². The molecule has 0 aromatic carbocycles. The maximum Gasteiger partial charge on any atom is 0.150 e. The first-order valence-electron chi connectivity index (χ1n) is 5.04. The van der Waals surface area contributed by atoms with Gasteiger partial charge in [-0.3, -0.25) is 0 Å². The summed E-state index contributed by atoms with van der Waals surface area (Å²) in [6.45, 7) is 10.7. The number of nitrogens with one attached hydrogen (secondary N) is 1. The molecule has 0 aliphatic heterocycles. The lowest BCUT2D eigenvalue weighted by atomic mass is 10.4. The summed E-state index contributed by atoms with van der Waals surface area (Å²) in [5.74, 6) is 0.820. The SMILES string of the molecule is C=C(NN(C)C)c1ccc([Si](C)(C)C)o1. The minimum Gasteiger partial charge on any atom is -0.465 e. The zero-order valence-corrected chi connectivity index (χ0v) is 11.2. The summed E-state index contributed by atoms with van der Waals surface area (Å²) in [7, 11) is 2.50. The van der Waals surface area contributed by atoms with Crippen LogP contribution in [0.4, 0.5) is 0 Å². The van der Waals surface area contributed by atoms with Crippen LogP contribution in [0.1, 0.15) is 5.76 Å². The first-order chi connectivity index (χ1) is 6.80. The van der Waals surface area contributed by atoms with Crippen LogP contribution < -0.4 is 10.8 Å². The van der Waals surface area contributed by atoms with Crippen molar-refractivity contribution in [2.45, 2.75) is 19.6 Å². The predicted octanol–water partition coefficient (Wildman–Crippen LogP) is 1.86. The fraction of sp³-hybridized carbons (Fsp3) is 0.455. The van der Waals surface area contributed by atoms with E-state index in [-0.39, 0.29) is 0 Å². The molecule has 0 saturated heterocycles. The maximum absolute atomic E-state index is 5.78. The Morgan fingerprint density at radius 2 is 1.93 bits per heavy atom. The van der Waals surface area contributed by atoms with Gasteiger partial charge in [-0.15, -0.1) is 0 Å². The van der Waals surface area contributed by atoms with Gasteiger partial charge in [0.1, 0.15) is 13.8 Å². The summed E-state index contributed by atoms with van der Waals surface area (Å²) in [6.07, 6.45) is 0. The van der Waals surface area contributed by atoms with Crippen LogP contribution in [0.2, 0.25) is 19.6 Å². The second-order valence-corrected chi connectivity index (χ2v) is 9.89. The number of hydrogen-bond donors (Lipinski definition) is 1. The third-order valence-corrected chi connectivity index (χ3v) is 3.75. The molecule has 1 aromatic heterocycles. The first kappa shape index (κ1) is 12.1. The highest BCUT2D eigenvalue weighted by molar-refractivity contribution is 6.87. The van der Waals surface area contributed by atoms with E-state index in [4.69, 9.17) is 4.42 Å². The van der Waals surface area contributed by atoms with E-state index in [0.717, 1.165) is 16.8 Å². The minimum atomic E-state index is -1.35. The highest BCUT2D eigenvalue weighted by Crippen LogP contribution is 2.12. The Bertz CT molecular complexity index is 350. The van der Waals surface area contributed by atoms with E-state index >= 15 is 0 Å². The Kier molecular flexibility index (Phi) is 3.41. The van der Waals surface area contributed by atoms with E-state index < -0.39 is 8.07 Å². The standard InChI is InChI=1S/C11H20N2OSi/c1-9(12-13(2)3)10-7-8-11(14-10)15(4,5)6/h7-8,12H,1H2,2-6H3. The number of hydrazine groups is 1. The molecule has 1 aromatic rings. The molecule has 0 radical (unpaired) electrons. The van der Waals surface area contributed by atoms with Crippen molar-refractivity contribution < 1.29 is 4.42 Å². The molecular weight excluding hydrogens is 204 g/mol. The lowest BCUT2D eigenvalue weighted by Crippen LogP contribution is -2.36. The highest BCUT2D eigenvalue weighted by atomic mass is 28.3. The lowest BCUT2D eigenvalue weighted by Gasteiger charge is -2.15. The molecule has 0 fully saturated rings. The van der Waals surface area contributed by atoms with E-state index in [1.54, 1.807) is 0 Å². The third kappa shape index (κ3) is 3.25. The Labute approximate surface area is 92.8 Å². The molecule has 0 bridgehead atoms. The Balaban J connectivity index is 2.81. The number of nitrogens with zero attached hydrogens (tertiary/aromatic N) is 1. The summed E-state index contributed by atoms with van der Waals surface area (Å²) in [6, 6.07) is 4.04. The number of furan rings is 1. The predicted molar refractivity (Wildman–Crippen MR) is 67.5 cm³/mol. The molecule has 0 atom stereocenters. The van der Waals surface area contributed by atoms with Gasteiger partial charge in [-0.2, -0.15) is 0 Å². The van der Waals surface area contributed by atoms with Crippen LogP contribution in [-0.2, 0) is 0 Å². The summed E-state index contributed by atoms with van der Waals surface area (Å²) < 4.78 is 5.78. The van der Waals surface area contributed by atoms with E-state index in [1.807, 2.05) is 25.2 Å². The maximum atomic E-state index is 5.78. The summed E-state index contributed by atoms with van der Waals surface area (Å²) in [5.41, 5.74) is 3.88. The number of rotatable bonds is 4. The molecule has 0 aliphatic rings. The molecule has 0 unspecified atom stereocenters. The molecule has 0 aliphatic carbocycles. The van der Waals surface area contributed by atoms with Crippen molar-refractivity contribution in [1.29, 1.82) is 0 Å². The average molecular weight is 224 g/mol. The fourth-order valence-electron chi connectivity index (χ4n) is 1.23. The van der Waals surface area contributed by atoms with Gasteiger partial charge in [0.15, 0.2) is 0 Å². The zero-order chi connectivity index (χ0) is 11.6. The molecule has 1 rings (SSSR count). The monoisotopic (exact) mass is 224 g/mol. The van der Waals surface area contributed by atoms with Crippen LogP contribution in [-0.4, -0.2) is 27.2 Å². The summed E-state index contributed by atoms with van der Waals surface area (Å²) in [5, 5.41) is 2.96. The van der Waals surface area contributed by atoms with Crippen molar-refractivity contribution in [2.24, 2.45) is 0 Å². The molecule has 1 heterocycles. The Morgan fingerprint density at radius 1 is 1.33 bits per heavy atom. The van der Waals surface area contributed by atoms with Gasteiger partial charge in [-0.25, -0.2) is 5.01 Å². The van der Waals surface area contributed by atoms with Gasteiger partial charge in [0.25, 0.3) is 0 Å². The van der Waals surface area contributed by atoms with E-state index in [0.29, 0.717) is 0 Å². The van der Waals surface area contributed by atoms with Crippen LogP contribution in [0.15, 0.2) is 23.1 Å². The van der Waals surface area contributed by atoms with E-state index in [2.05, 4.69) is 37.7 Å². The average Bonchev–Trinajstić information content (AvgIpc) is 2.48. The van der Waals surface area contributed by atoms with Crippen molar-refractivity contribution in [3.8, 4) is 0 Å². The molecule has 84 valence electrons.